The van der Waals surface area contributed by atoms with Gasteiger partial charge in [0.05, 0.1) is 6.04 Å². The molecule has 34 heavy (non-hydrogen) atoms. The average molecular weight is 505 g/mol. The molecule has 0 aromatic carbocycles. The van der Waals surface area contributed by atoms with Gasteiger partial charge in [-0.25, -0.2) is 4.79 Å². The fourth-order valence-corrected chi connectivity index (χ4v) is 3.97. The van der Waals surface area contributed by atoms with E-state index in [0.29, 0.717) is 18.6 Å². The van der Waals surface area contributed by atoms with E-state index in [1.807, 2.05) is 6.26 Å². The largest absolute Gasteiger partial charge is 0.481 e. The van der Waals surface area contributed by atoms with Crippen molar-refractivity contribution in [3.8, 4) is 0 Å². The quantitative estimate of drug-likeness (QED) is 0.156. The van der Waals surface area contributed by atoms with E-state index in [4.69, 9.17) is 15.9 Å². The summed E-state index contributed by atoms with van der Waals surface area (Å²) >= 11 is 1.49. The molecular weight excluding hydrogens is 472 g/mol. The molecule has 1 rings (SSSR count). The Morgan fingerprint density at radius 3 is 2.09 bits per heavy atom. The second-order valence-corrected chi connectivity index (χ2v) is 8.89. The summed E-state index contributed by atoms with van der Waals surface area (Å²) in [6, 6.07) is -4.60. The Morgan fingerprint density at radius 1 is 0.971 bits per heavy atom. The maximum absolute atomic E-state index is 13.2. The van der Waals surface area contributed by atoms with E-state index in [0.717, 1.165) is 0 Å². The minimum atomic E-state index is -1.45. The normalized spacial score (nSPS) is 17.9. The van der Waals surface area contributed by atoms with Gasteiger partial charge in [-0.2, -0.15) is 11.8 Å². The topological polar surface area (TPSA) is 216 Å². The van der Waals surface area contributed by atoms with E-state index < -0.39 is 72.6 Å². The van der Waals surface area contributed by atoms with E-state index in [9.17, 15) is 33.9 Å². The Bertz CT molecular complexity index is 779. The summed E-state index contributed by atoms with van der Waals surface area (Å²) in [5.41, 5.74) is 5.84. The number of amides is 3. The number of likely N-dealkylation sites (tertiary alicyclic amines) is 1. The SMILES string of the molecule is CSCCC(N)C(=O)NC(CCC(=O)O)C(=O)N1CCCC1C(=O)NC(CCC(=O)O)C(=O)O. The van der Waals surface area contributed by atoms with Crippen molar-refractivity contribution in [2.75, 3.05) is 18.6 Å². The van der Waals surface area contributed by atoms with Gasteiger partial charge >= 0.3 is 17.9 Å². The van der Waals surface area contributed by atoms with Crippen molar-refractivity contribution in [2.45, 2.75) is 69.1 Å². The minimum absolute atomic E-state index is 0.155. The molecule has 14 heteroatoms. The summed E-state index contributed by atoms with van der Waals surface area (Å²) in [5, 5.41) is 31.8. The highest BCUT2D eigenvalue weighted by atomic mass is 32.2. The molecule has 1 heterocycles. The number of nitrogens with two attached hydrogens (primary N) is 1. The number of hydrogen-bond acceptors (Lipinski definition) is 8. The highest BCUT2D eigenvalue weighted by Gasteiger charge is 2.39. The van der Waals surface area contributed by atoms with E-state index in [1.165, 1.54) is 16.7 Å². The molecule has 1 saturated heterocycles. The first-order valence-electron chi connectivity index (χ1n) is 10.8. The number of nitrogens with one attached hydrogen (secondary N) is 2. The van der Waals surface area contributed by atoms with Gasteiger partial charge < -0.3 is 36.6 Å². The molecule has 192 valence electrons. The third-order valence-corrected chi connectivity index (χ3v) is 5.98. The number of thioether (sulfide) groups is 1. The lowest BCUT2D eigenvalue weighted by atomic mass is 10.1. The summed E-state index contributed by atoms with van der Waals surface area (Å²) in [6.07, 6.45) is 1.45. The number of carboxylic acid groups (broad SMARTS) is 3. The summed E-state index contributed by atoms with van der Waals surface area (Å²) < 4.78 is 0. The van der Waals surface area contributed by atoms with Gasteiger partial charge in [0.25, 0.3) is 0 Å². The highest BCUT2D eigenvalue weighted by Crippen LogP contribution is 2.20. The molecule has 0 saturated carbocycles. The van der Waals surface area contributed by atoms with Crippen LogP contribution in [0.4, 0.5) is 0 Å². The molecule has 1 aliphatic heterocycles. The Kier molecular flexibility index (Phi) is 12.4. The molecule has 3 amide bonds. The van der Waals surface area contributed by atoms with Crippen molar-refractivity contribution in [2.24, 2.45) is 5.73 Å². The Balaban J connectivity index is 2.94. The zero-order valence-electron chi connectivity index (χ0n) is 18.9. The van der Waals surface area contributed by atoms with E-state index in [-0.39, 0.29) is 25.8 Å². The molecule has 7 N–H and O–H groups in total. The fraction of sp³-hybridized carbons (Fsp3) is 0.700. The zero-order chi connectivity index (χ0) is 25.8. The van der Waals surface area contributed by atoms with Crippen LogP contribution in [0.5, 0.6) is 0 Å². The molecule has 1 fully saturated rings. The van der Waals surface area contributed by atoms with Crippen LogP contribution in [0.15, 0.2) is 0 Å². The van der Waals surface area contributed by atoms with Gasteiger partial charge in [-0.1, -0.05) is 0 Å². The number of hydrogen-bond donors (Lipinski definition) is 6. The summed E-state index contributed by atoms with van der Waals surface area (Å²) in [7, 11) is 0. The summed E-state index contributed by atoms with van der Waals surface area (Å²) in [6.45, 7) is 0.155. The molecular formula is C20H32N4O9S. The number of carboxylic acids is 3. The molecule has 4 unspecified atom stereocenters. The van der Waals surface area contributed by atoms with Gasteiger partial charge in [-0.3, -0.25) is 24.0 Å². The van der Waals surface area contributed by atoms with Gasteiger partial charge in [0.2, 0.25) is 17.7 Å². The van der Waals surface area contributed by atoms with Crippen molar-refractivity contribution >= 4 is 47.4 Å². The smallest absolute Gasteiger partial charge is 0.326 e. The number of aliphatic carboxylic acids is 3. The minimum Gasteiger partial charge on any atom is -0.481 e. The molecule has 1 aliphatic rings. The van der Waals surface area contributed by atoms with Crippen LogP contribution in [0.1, 0.15) is 44.9 Å². The van der Waals surface area contributed by atoms with Gasteiger partial charge in [0.15, 0.2) is 0 Å². The van der Waals surface area contributed by atoms with Crippen molar-refractivity contribution < 1.29 is 44.1 Å². The van der Waals surface area contributed by atoms with Crippen molar-refractivity contribution in [1.29, 1.82) is 0 Å². The molecule has 0 aromatic heterocycles. The average Bonchev–Trinajstić information content (AvgIpc) is 3.26. The second kappa shape index (κ2) is 14.4. The maximum atomic E-state index is 13.2. The molecule has 4 atom stereocenters. The molecule has 0 spiro atoms. The lowest BCUT2D eigenvalue weighted by Crippen LogP contribution is -2.56. The van der Waals surface area contributed by atoms with Crippen LogP contribution < -0.4 is 16.4 Å². The molecule has 0 bridgehead atoms. The van der Waals surface area contributed by atoms with Crippen LogP contribution in [0.2, 0.25) is 0 Å². The maximum Gasteiger partial charge on any atom is 0.326 e. The molecule has 0 aliphatic carbocycles. The van der Waals surface area contributed by atoms with Crippen molar-refractivity contribution in [1.82, 2.24) is 15.5 Å². The van der Waals surface area contributed by atoms with Crippen LogP contribution in [0, 0.1) is 0 Å². The van der Waals surface area contributed by atoms with Crippen LogP contribution in [0.3, 0.4) is 0 Å². The van der Waals surface area contributed by atoms with Crippen LogP contribution >= 0.6 is 11.8 Å². The standard InChI is InChI=1S/C20H32N4O9S/c1-34-10-8-11(21)17(29)22-12(4-6-15(25)26)19(31)24-9-2-3-14(24)18(30)23-13(20(32)33)5-7-16(27)28/h11-14H,2-10,21H2,1H3,(H,22,29)(H,23,30)(H,25,26)(H,27,28)(H,32,33). The Labute approximate surface area is 200 Å². The monoisotopic (exact) mass is 504 g/mol. The third kappa shape index (κ3) is 9.55. The number of carbonyl (C=O) groups is 6. The van der Waals surface area contributed by atoms with Gasteiger partial charge in [-0.05, 0) is 44.1 Å². The van der Waals surface area contributed by atoms with Crippen LogP contribution in [-0.4, -0.2) is 98.6 Å². The predicted molar refractivity (Wildman–Crippen MR) is 121 cm³/mol. The molecule has 0 aromatic rings. The Morgan fingerprint density at radius 2 is 1.56 bits per heavy atom. The zero-order valence-corrected chi connectivity index (χ0v) is 19.7. The summed E-state index contributed by atoms with van der Waals surface area (Å²) in [4.78, 5) is 72.7. The number of carbonyl (C=O) groups excluding carboxylic acids is 3. The van der Waals surface area contributed by atoms with Gasteiger partial charge in [0.1, 0.15) is 18.1 Å². The van der Waals surface area contributed by atoms with E-state index >= 15 is 0 Å². The number of rotatable bonds is 15. The predicted octanol–water partition coefficient (Wildman–Crippen LogP) is -1.16. The fourth-order valence-electron chi connectivity index (χ4n) is 3.48. The Hall–Kier alpha value is -2.87. The lowest BCUT2D eigenvalue weighted by molar-refractivity contribution is -0.145. The number of nitrogens with zero attached hydrogens (tertiary/aromatic N) is 1. The lowest BCUT2D eigenvalue weighted by Gasteiger charge is -2.29. The van der Waals surface area contributed by atoms with Gasteiger partial charge in [0, 0.05) is 19.4 Å². The van der Waals surface area contributed by atoms with Crippen molar-refractivity contribution in [3.05, 3.63) is 0 Å². The molecule has 13 nitrogen and oxygen atoms in total. The van der Waals surface area contributed by atoms with E-state index in [2.05, 4.69) is 10.6 Å². The first-order valence-corrected chi connectivity index (χ1v) is 12.2. The van der Waals surface area contributed by atoms with Crippen molar-refractivity contribution in [3.63, 3.8) is 0 Å². The molecule has 0 radical (unpaired) electrons. The van der Waals surface area contributed by atoms with Gasteiger partial charge in [-0.15, -0.1) is 0 Å². The first-order chi connectivity index (χ1) is 16.0. The third-order valence-electron chi connectivity index (χ3n) is 5.33. The van der Waals surface area contributed by atoms with Crippen LogP contribution in [-0.2, 0) is 28.8 Å². The van der Waals surface area contributed by atoms with Crippen LogP contribution in [0.25, 0.3) is 0 Å². The first kappa shape index (κ1) is 29.2. The second-order valence-electron chi connectivity index (χ2n) is 7.90. The highest BCUT2D eigenvalue weighted by molar-refractivity contribution is 7.98. The summed E-state index contributed by atoms with van der Waals surface area (Å²) in [5.74, 6) is -5.22. The van der Waals surface area contributed by atoms with E-state index in [1.54, 1.807) is 0 Å².